The first kappa shape index (κ1) is 26.5. The van der Waals surface area contributed by atoms with Crippen molar-refractivity contribution in [1.82, 2.24) is 35.0 Å². The zero-order valence-electron chi connectivity index (χ0n) is 22.4. The number of unbranched alkanes of at least 4 members (excludes halogenated alkanes) is 1. The second kappa shape index (κ2) is 11.7. The smallest absolute Gasteiger partial charge is 0.346 e. The van der Waals surface area contributed by atoms with Crippen LogP contribution in [-0.2, 0) is 29.0 Å². The van der Waals surface area contributed by atoms with E-state index in [1.165, 1.54) is 36.8 Å². The Bertz CT molecular complexity index is 1030. The summed E-state index contributed by atoms with van der Waals surface area (Å²) < 4.78 is 8.54. The summed E-state index contributed by atoms with van der Waals surface area (Å²) in [6, 6.07) is 0. The van der Waals surface area contributed by atoms with Crippen LogP contribution in [0, 0.1) is 17.8 Å². The van der Waals surface area contributed by atoms with Crippen LogP contribution in [0.4, 0.5) is 0 Å². The van der Waals surface area contributed by atoms with E-state index in [0.717, 1.165) is 50.2 Å². The van der Waals surface area contributed by atoms with Gasteiger partial charge in [0.05, 0.1) is 0 Å². The van der Waals surface area contributed by atoms with Crippen LogP contribution < -0.4 is 5.69 Å². The SMILES string of the molecule is CCCCc1nn(CC(=O)OC(C)(C)C)c(=O)n1CC1CCC(C2CCCCC2c2nn[nH]n2)CC1. The van der Waals surface area contributed by atoms with Crippen LogP contribution in [0.15, 0.2) is 4.79 Å². The number of nitrogens with zero attached hydrogens (tertiary/aromatic N) is 6. The number of hydrogen-bond acceptors (Lipinski definition) is 7. The summed E-state index contributed by atoms with van der Waals surface area (Å²) in [5.41, 5.74) is -0.785. The number of nitrogens with one attached hydrogen (secondary N) is 1. The molecule has 2 saturated carbocycles. The summed E-state index contributed by atoms with van der Waals surface area (Å²) in [6.07, 6.45) is 12.2. The van der Waals surface area contributed by atoms with Crippen LogP contribution >= 0.6 is 0 Å². The number of esters is 1. The number of rotatable bonds is 9. The van der Waals surface area contributed by atoms with Gasteiger partial charge in [-0.1, -0.05) is 31.4 Å². The molecule has 2 aliphatic rings. The fourth-order valence-corrected chi connectivity index (χ4v) is 6.22. The van der Waals surface area contributed by atoms with Crippen molar-refractivity contribution in [2.45, 2.75) is 123 Å². The van der Waals surface area contributed by atoms with Crippen LogP contribution in [-0.4, -0.2) is 46.5 Å². The van der Waals surface area contributed by atoms with Crippen LogP contribution in [0.3, 0.4) is 0 Å². The summed E-state index contributed by atoms with van der Waals surface area (Å²) >= 11 is 0. The third-order valence-corrected chi connectivity index (χ3v) is 7.90. The first-order valence-electron chi connectivity index (χ1n) is 13.9. The van der Waals surface area contributed by atoms with Gasteiger partial charge in [-0.25, -0.2) is 9.48 Å². The average molecular weight is 502 g/mol. The van der Waals surface area contributed by atoms with E-state index in [2.05, 4.69) is 32.6 Å². The van der Waals surface area contributed by atoms with Gasteiger partial charge in [-0.05, 0) is 83.5 Å². The lowest BCUT2D eigenvalue weighted by Gasteiger charge is -2.39. The molecule has 0 saturated heterocycles. The summed E-state index contributed by atoms with van der Waals surface area (Å²) in [5, 5.41) is 19.6. The molecule has 0 spiro atoms. The van der Waals surface area contributed by atoms with Crippen molar-refractivity contribution in [3.05, 3.63) is 22.1 Å². The van der Waals surface area contributed by atoms with Gasteiger partial charge in [-0.2, -0.15) is 10.3 Å². The van der Waals surface area contributed by atoms with Crippen molar-refractivity contribution < 1.29 is 9.53 Å². The third-order valence-electron chi connectivity index (χ3n) is 7.90. The van der Waals surface area contributed by atoms with Crippen LogP contribution in [0.2, 0.25) is 0 Å². The van der Waals surface area contributed by atoms with E-state index in [1.54, 1.807) is 0 Å². The topological polar surface area (TPSA) is 121 Å². The third kappa shape index (κ3) is 6.62. The highest BCUT2D eigenvalue weighted by atomic mass is 16.6. The molecule has 2 aliphatic carbocycles. The molecule has 0 radical (unpaired) electrons. The second-order valence-electron chi connectivity index (χ2n) is 11.8. The minimum atomic E-state index is -0.589. The monoisotopic (exact) mass is 501 g/mol. The number of carbonyl (C=O) groups is 1. The van der Waals surface area contributed by atoms with Crippen molar-refractivity contribution in [2.75, 3.05) is 0 Å². The Labute approximate surface area is 213 Å². The van der Waals surface area contributed by atoms with E-state index < -0.39 is 11.6 Å². The Balaban J connectivity index is 1.40. The first-order chi connectivity index (χ1) is 17.2. The molecule has 4 rings (SSSR count). The largest absolute Gasteiger partial charge is 0.459 e. The second-order valence-corrected chi connectivity index (χ2v) is 11.8. The quantitative estimate of drug-likeness (QED) is 0.515. The molecule has 2 atom stereocenters. The number of ether oxygens (including phenoxy) is 1. The minimum Gasteiger partial charge on any atom is -0.459 e. The van der Waals surface area contributed by atoms with Gasteiger partial charge >= 0.3 is 11.7 Å². The fraction of sp³-hybridized carbons (Fsp3) is 0.846. The summed E-state index contributed by atoms with van der Waals surface area (Å²) in [7, 11) is 0. The fourth-order valence-electron chi connectivity index (χ4n) is 6.22. The van der Waals surface area contributed by atoms with E-state index in [1.807, 2.05) is 25.3 Å². The number of tetrazole rings is 1. The van der Waals surface area contributed by atoms with Crippen molar-refractivity contribution in [3.8, 4) is 0 Å². The van der Waals surface area contributed by atoms with Crippen molar-refractivity contribution >= 4 is 5.97 Å². The molecular weight excluding hydrogens is 458 g/mol. The molecule has 2 fully saturated rings. The Hall–Kier alpha value is -2.52. The van der Waals surface area contributed by atoms with Gasteiger partial charge in [0.1, 0.15) is 18.0 Å². The molecule has 2 heterocycles. The summed E-state index contributed by atoms with van der Waals surface area (Å²) in [4.78, 5) is 25.6. The van der Waals surface area contributed by atoms with E-state index in [9.17, 15) is 9.59 Å². The molecule has 2 aromatic rings. The van der Waals surface area contributed by atoms with Crippen LogP contribution in [0.1, 0.15) is 109 Å². The van der Waals surface area contributed by atoms with E-state index >= 15 is 0 Å². The van der Waals surface area contributed by atoms with E-state index in [-0.39, 0.29) is 12.2 Å². The lowest BCUT2D eigenvalue weighted by molar-refractivity contribution is -0.155. The number of aromatic nitrogens is 7. The first-order valence-corrected chi connectivity index (χ1v) is 13.9. The highest BCUT2D eigenvalue weighted by Gasteiger charge is 2.37. The lowest BCUT2D eigenvalue weighted by Crippen LogP contribution is -2.34. The van der Waals surface area contributed by atoms with Gasteiger partial charge < -0.3 is 4.74 Å². The minimum absolute atomic E-state index is 0.145. The van der Waals surface area contributed by atoms with E-state index in [4.69, 9.17) is 4.74 Å². The maximum atomic E-state index is 13.2. The van der Waals surface area contributed by atoms with Crippen molar-refractivity contribution in [1.29, 1.82) is 0 Å². The van der Waals surface area contributed by atoms with Gasteiger partial charge in [0.2, 0.25) is 0 Å². The molecule has 0 bridgehead atoms. The number of carbonyl (C=O) groups excluding carboxylic acids is 1. The number of hydrogen-bond donors (Lipinski definition) is 1. The zero-order chi connectivity index (χ0) is 25.7. The van der Waals surface area contributed by atoms with Crippen molar-refractivity contribution in [2.24, 2.45) is 17.8 Å². The molecule has 10 heteroatoms. The van der Waals surface area contributed by atoms with E-state index in [0.29, 0.717) is 30.2 Å². The van der Waals surface area contributed by atoms with Crippen LogP contribution in [0.25, 0.3) is 0 Å². The molecular formula is C26H43N7O3. The normalized spacial score (nSPS) is 25.1. The highest BCUT2D eigenvalue weighted by molar-refractivity contribution is 5.69. The Morgan fingerprint density at radius 1 is 1.11 bits per heavy atom. The standard InChI is InChI=1S/C26H43N7O3/c1-5-6-11-22-29-33(17-23(34)36-26(2,3)4)25(35)32(22)16-18-12-14-19(15-13-18)20-9-7-8-10-21(20)24-27-30-31-28-24/h18-21H,5-17H2,1-4H3,(H,27,28,30,31). The Kier molecular flexibility index (Phi) is 8.62. The molecule has 0 amide bonds. The summed E-state index contributed by atoms with van der Waals surface area (Å²) in [5.74, 6) is 3.40. The van der Waals surface area contributed by atoms with Gasteiger partial charge in [0, 0.05) is 18.9 Å². The molecule has 2 unspecified atom stereocenters. The van der Waals surface area contributed by atoms with Crippen LogP contribution in [0.5, 0.6) is 0 Å². The lowest BCUT2D eigenvalue weighted by atomic mass is 9.66. The molecule has 1 N–H and O–H groups in total. The average Bonchev–Trinajstić information content (AvgIpc) is 3.47. The van der Waals surface area contributed by atoms with Crippen molar-refractivity contribution in [3.63, 3.8) is 0 Å². The predicted molar refractivity (Wildman–Crippen MR) is 135 cm³/mol. The molecule has 2 aromatic heterocycles. The maximum Gasteiger partial charge on any atom is 0.346 e. The summed E-state index contributed by atoms with van der Waals surface area (Å²) in [6.45, 7) is 8.15. The maximum absolute atomic E-state index is 13.2. The number of aromatic amines is 1. The molecule has 0 aromatic carbocycles. The number of H-pyrrole nitrogens is 1. The molecule has 10 nitrogen and oxygen atoms in total. The Morgan fingerprint density at radius 2 is 1.86 bits per heavy atom. The van der Waals surface area contributed by atoms with Gasteiger partial charge in [-0.3, -0.25) is 9.36 Å². The van der Waals surface area contributed by atoms with Gasteiger partial charge in [-0.15, -0.1) is 10.2 Å². The number of aryl methyl sites for hydroxylation is 1. The van der Waals surface area contributed by atoms with Gasteiger partial charge in [0.25, 0.3) is 0 Å². The Morgan fingerprint density at radius 3 is 2.53 bits per heavy atom. The predicted octanol–water partition coefficient (Wildman–Crippen LogP) is 4.02. The van der Waals surface area contributed by atoms with Gasteiger partial charge in [0.15, 0.2) is 5.82 Å². The molecule has 36 heavy (non-hydrogen) atoms. The molecule has 0 aliphatic heterocycles. The zero-order valence-corrected chi connectivity index (χ0v) is 22.4. The highest BCUT2D eigenvalue weighted by Crippen LogP contribution is 2.46. The molecule has 200 valence electrons.